The van der Waals surface area contributed by atoms with Gasteiger partial charge in [0, 0.05) is 0 Å². The van der Waals surface area contributed by atoms with Crippen LogP contribution in [0.2, 0.25) is 0 Å². The third-order valence-electron chi connectivity index (χ3n) is 3.14. The second-order valence-electron chi connectivity index (χ2n) is 4.63. The molecule has 4 nitrogen and oxygen atoms in total. The van der Waals surface area contributed by atoms with E-state index in [0.717, 1.165) is 12.8 Å². The molecule has 4 heteroatoms. The fraction of sp³-hybridized carbons (Fsp3) is 0.846. The van der Waals surface area contributed by atoms with Crippen LogP contribution in [0.15, 0.2) is 0 Å². The summed E-state index contributed by atoms with van der Waals surface area (Å²) in [6.07, 6.45) is 4.60. The number of ether oxygens (including phenoxy) is 2. The molecule has 2 atom stereocenters. The zero-order chi connectivity index (χ0) is 12.7. The van der Waals surface area contributed by atoms with Crippen LogP contribution in [0.1, 0.15) is 46.0 Å². The summed E-state index contributed by atoms with van der Waals surface area (Å²) < 4.78 is 10.3. The Labute approximate surface area is 103 Å². The third kappa shape index (κ3) is 5.31. The van der Waals surface area contributed by atoms with Gasteiger partial charge in [-0.2, -0.15) is 0 Å². The van der Waals surface area contributed by atoms with Crippen LogP contribution < -0.4 is 0 Å². The number of esters is 1. The van der Waals surface area contributed by atoms with E-state index >= 15 is 0 Å². The maximum absolute atomic E-state index is 11.5. The Balaban J connectivity index is 2.20. The van der Waals surface area contributed by atoms with Crippen molar-refractivity contribution in [2.45, 2.75) is 52.1 Å². The largest absolute Gasteiger partial charge is 0.466 e. The van der Waals surface area contributed by atoms with Crippen LogP contribution in [-0.2, 0) is 19.1 Å². The van der Waals surface area contributed by atoms with Crippen LogP contribution in [0.5, 0.6) is 0 Å². The van der Waals surface area contributed by atoms with Gasteiger partial charge in [-0.1, -0.05) is 19.8 Å². The molecule has 1 saturated carbocycles. The van der Waals surface area contributed by atoms with Crippen molar-refractivity contribution in [1.29, 1.82) is 0 Å². The molecule has 0 radical (unpaired) electrons. The summed E-state index contributed by atoms with van der Waals surface area (Å²) in [5, 5.41) is 0. The fourth-order valence-corrected chi connectivity index (χ4v) is 2.15. The van der Waals surface area contributed by atoms with E-state index in [1.165, 1.54) is 12.8 Å². The number of hydrogen-bond donors (Lipinski definition) is 0. The average molecular weight is 242 g/mol. The van der Waals surface area contributed by atoms with Gasteiger partial charge in [0.25, 0.3) is 0 Å². The lowest BCUT2D eigenvalue weighted by Gasteiger charge is -2.28. The summed E-state index contributed by atoms with van der Waals surface area (Å²) in [6, 6.07) is 0. The first kappa shape index (κ1) is 14.2. The molecule has 0 aromatic carbocycles. The maximum atomic E-state index is 11.5. The van der Waals surface area contributed by atoms with Crippen molar-refractivity contribution in [3.05, 3.63) is 0 Å². The van der Waals surface area contributed by atoms with Crippen LogP contribution in [0, 0.1) is 5.92 Å². The average Bonchev–Trinajstić information content (AvgIpc) is 2.28. The van der Waals surface area contributed by atoms with E-state index in [2.05, 4.69) is 6.92 Å². The highest BCUT2D eigenvalue weighted by molar-refractivity contribution is 5.96. The predicted octanol–water partition coefficient (Wildman–Crippen LogP) is 2.10. The van der Waals surface area contributed by atoms with E-state index in [0.29, 0.717) is 12.5 Å². The van der Waals surface area contributed by atoms with Crippen molar-refractivity contribution in [3.8, 4) is 0 Å². The standard InChI is InChI=1S/C13H22O4/c1-3-16-13(15)8-11(14)9-17-12-7-5-4-6-10(12)2/h10,12H,3-9H2,1-2H3. The van der Waals surface area contributed by atoms with Crippen LogP contribution in [-0.4, -0.2) is 31.1 Å². The lowest BCUT2D eigenvalue weighted by molar-refractivity contribution is -0.147. The first-order valence-electron chi connectivity index (χ1n) is 6.42. The summed E-state index contributed by atoms with van der Waals surface area (Å²) in [5.41, 5.74) is 0. The van der Waals surface area contributed by atoms with Gasteiger partial charge in [0.05, 0.1) is 12.7 Å². The number of rotatable bonds is 6. The van der Waals surface area contributed by atoms with Crippen molar-refractivity contribution < 1.29 is 19.1 Å². The van der Waals surface area contributed by atoms with Gasteiger partial charge in [-0.3, -0.25) is 9.59 Å². The van der Waals surface area contributed by atoms with Gasteiger partial charge in [0.15, 0.2) is 5.78 Å². The lowest BCUT2D eigenvalue weighted by atomic mass is 9.88. The molecule has 2 unspecified atom stereocenters. The smallest absolute Gasteiger partial charge is 0.313 e. The molecule has 0 aromatic heterocycles. The predicted molar refractivity (Wildman–Crippen MR) is 63.6 cm³/mol. The van der Waals surface area contributed by atoms with E-state index in [1.54, 1.807) is 6.92 Å². The maximum Gasteiger partial charge on any atom is 0.313 e. The highest BCUT2D eigenvalue weighted by atomic mass is 16.5. The number of carbonyl (C=O) groups is 2. The summed E-state index contributed by atoms with van der Waals surface area (Å²) in [5.74, 6) is -0.141. The molecular formula is C13H22O4. The molecule has 0 aromatic rings. The van der Waals surface area contributed by atoms with Crippen LogP contribution in [0.25, 0.3) is 0 Å². The molecular weight excluding hydrogens is 220 g/mol. The summed E-state index contributed by atoms with van der Waals surface area (Å²) >= 11 is 0. The third-order valence-corrected chi connectivity index (χ3v) is 3.14. The lowest BCUT2D eigenvalue weighted by Crippen LogP contribution is -2.28. The number of carbonyl (C=O) groups excluding carboxylic acids is 2. The second-order valence-corrected chi connectivity index (χ2v) is 4.63. The zero-order valence-electron chi connectivity index (χ0n) is 10.7. The minimum atomic E-state index is -0.460. The summed E-state index contributed by atoms with van der Waals surface area (Å²) in [7, 11) is 0. The quantitative estimate of drug-likeness (QED) is 0.528. The van der Waals surface area contributed by atoms with Crippen molar-refractivity contribution in [2.24, 2.45) is 5.92 Å². The Morgan fingerprint density at radius 2 is 1.94 bits per heavy atom. The molecule has 1 fully saturated rings. The molecule has 0 bridgehead atoms. The van der Waals surface area contributed by atoms with E-state index in [-0.39, 0.29) is 24.9 Å². The first-order chi connectivity index (χ1) is 8.13. The van der Waals surface area contributed by atoms with Gasteiger partial charge in [-0.05, 0) is 25.7 Å². The van der Waals surface area contributed by atoms with Gasteiger partial charge in [0.2, 0.25) is 0 Å². The minimum absolute atomic E-state index is 0.0355. The van der Waals surface area contributed by atoms with E-state index < -0.39 is 5.97 Å². The zero-order valence-corrected chi connectivity index (χ0v) is 10.7. The molecule has 1 aliphatic rings. The van der Waals surface area contributed by atoms with Gasteiger partial charge < -0.3 is 9.47 Å². The molecule has 0 aliphatic heterocycles. The van der Waals surface area contributed by atoms with Crippen molar-refractivity contribution in [3.63, 3.8) is 0 Å². The normalized spacial score (nSPS) is 24.4. The number of ketones is 1. The second kappa shape index (κ2) is 7.43. The summed E-state index contributed by atoms with van der Waals surface area (Å²) in [6.45, 7) is 4.22. The highest BCUT2D eigenvalue weighted by Gasteiger charge is 2.23. The number of hydrogen-bond acceptors (Lipinski definition) is 4. The SMILES string of the molecule is CCOC(=O)CC(=O)COC1CCCCC1C. The Hall–Kier alpha value is -0.900. The van der Waals surface area contributed by atoms with Gasteiger partial charge >= 0.3 is 5.97 Å². The molecule has 0 saturated heterocycles. The Morgan fingerprint density at radius 3 is 2.59 bits per heavy atom. The molecule has 0 spiro atoms. The molecule has 1 aliphatic carbocycles. The van der Waals surface area contributed by atoms with E-state index in [4.69, 9.17) is 9.47 Å². The van der Waals surface area contributed by atoms with Gasteiger partial charge in [-0.25, -0.2) is 0 Å². The molecule has 0 heterocycles. The van der Waals surface area contributed by atoms with Crippen molar-refractivity contribution in [1.82, 2.24) is 0 Å². The van der Waals surface area contributed by atoms with Gasteiger partial charge in [0.1, 0.15) is 13.0 Å². The topological polar surface area (TPSA) is 52.6 Å². The molecule has 0 N–H and O–H groups in total. The Bertz CT molecular complexity index is 262. The van der Waals surface area contributed by atoms with Crippen LogP contribution in [0.4, 0.5) is 0 Å². The van der Waals surface area contributed by atoms with Crippen molar-refractivity contribution in [2.75, 3.05) is 13.2 Å². The highest BCUT2D eigenvalue weighted by Crippen LogP contribution is 2.26. The fourth-order valence-electron chi connectivity index (χ4n) is 2.15. The Morgan fingerprint density at radius 1 is 1.24 bits per heavy atom. The van der Waals surface area contributed by atoms with Crippen molar-refractivity contribution >= 4 is 11.8 Å². The molecule has 17 heavy (non-hydrogen) atoms. The molecule has 1 rings (SSSR count). The van der Waals surface area contributed by atoms with Crippen LogP contribution >= 0.6 is 0 Å². The first-order valence-corrected chi connectivity index (χ1v) is 6.42. The van der Waals surface area contributed by atoms with E-state index in [9.17, 15) is 9.59 Å². The molecule has 98 valence electrons. The van der Waals surface area contributed by atoms with E-state index in [1.807, 2.05) is 0 Å². The minimum Gasteiger partial charge on any atom is -0.466 e. The van der Waals surface area contributed by atoms with Gasteiger partial charge in [-0.15, -0.1) is 0 Å². The van der Waals surface area contributed by atoms with Crippen LogP contribution in [0.3, 0.4) is 0 Å². The monoisotopic (exact) mass is 242 g/mol. The number of Topliss-reactive ketones (excluding diaryl/α,β-unsaturated/α-hetero) is 1. The molecule has 0 amide bonds. The Kier molecular flexibility index (Phi) is 6.19. The summed E-state index contributed by atoms with van der Waals surface area (Å²) in [4.78, 5) is 22.5.